The van der Waals surface area contributed by atoms with Gasteiger partial charge in [0.25, 0.3) is 0 Å². The molecule has 0 aliphatic carbocycles. The van der Waals surface area contributed by atoms with E-state index in [1.165, 1.54) is 11.4 Å². The molecule has 0 spiro atoms. The van der Waals surface area contributed by atoms with Gasteiger partial charge in [-0.15, -0.1) is 11.8 Å². The predicted molar refractivity (Wildman–Crippen MR) is 80.6 cm³/mol. The lowest BCUT2D eigenvalue weighted by Gasteiger charge is -2.15. The highest BCUT2D eigenvalue weighted by atomic mass is 35.5. The van der Waals surface area contributed by atoms with Crippen molar-refractivity contribution < 1.29 is 13.6 Å². The molecule has 0 heterocycles. The van der Waals surface area contributed by atoms with Gasteiger partial charge in [0, 0.05) is 9.92 Å². The highest BCUT2D eigenvalue weighted by molar-refractivity contribution is 8.57. The summed E-state index contributed by atoms with van der Waals surface area (Å²) in [6.45, 7) is 1.38. The van der Waals surface area contributed by atoms with Gasteiger partial charge < -0.3 is 9.05 Å². The summed E-state index contributed by atoms with van der Waals surface area (Å²) in [6, 6.07) is 7.53. The standard InChI is InChI=1S/C11H16ClO3PS2/c1-3-14-16(13,15-4-2)18-9-17-11-7-5-10(12)6-8-11/h5-8H,3-4,9H2,1-2H3. The van der Waals surface area contributed by atoms with E-state index in [4.69, 9.17) is 20.6 Å². The molecule has 1 aromatic rings. The second-order valence-electron chi connectivity index (χ2n) is 3.13. The first-order valence-electron chi connectivity index (χ1n) is 5.51. The number of benzene rings is 1. The van der Waals surface area contributed by atoms with Crippen LogP contribution in [0.1, 0.15) is 13.8 Å². The Kier molecular flexibility index (Phi) is 7.76. The first-order chi connectivity index (χ1) is 8.59. The van der Waals surface area contributed by atoms with Gasteiger partial charge in [-0.2, -0.15) is 0 Å². The zero-order valence-corrected chi connectivity index (χ0v) is 13.6. The first kappa shape index (κ1) is 16.4. The van der Waals surface area contributed by atoms with Crippen molar-refractivity contribution in [3.63, 3.8) is 0 Å². The Hall–Kier alpha value is 0.360. The highest BCUT2D eigenvalue weighted by Gasteiger charge is 2.24. The Balaban J connectivity index is 2.43. The SMILES string of the molecule is CCOP(=O)(OCC)SCSc1ccc(Cl)cc1. The van der Waals surface area contributed by atoms with Crippen molar-refractivity contribution >= 4 is 41.5 Å². The largest absolute Gasteiger partial charge is 0.389 e. The fourth-order valence-corrected chi connectivity index (χ4v) is 6.42. The minimum absolute atomic E-state index is 0.385. The number of hydrogen-bond donors (Lipinski definition) is 0. The van der Waals surface area contributed by atoms with E-state index in [-0.39, 0.29) is 0 Å². The lowest BCUT2D eigenvalue weighted by molar-refractivity contribution is 0.237. The van der Waals surface area contributed by atoms with Crippen LogP contribution in [0.4, 0.5) is 0 Å². The molecule has 0 saturated carbocycles. The van der Waals surface area contributed by atoms with Gasteiger partial charge in [0.2, 0.25) is 0 Å². The molecule has 0 saturated heterocycles. The first-order valence-corrected chi connectivity index (χ1v) is 10.0. The van der Waals surface area contributed by atoms with Crippen molar-refractivity contribution in [1.29, 1.82) is 0 Å². The third-order valence-corrected chi connectivity index (χ3v) is 7.57. The van der Waals surface area contributed by atoms with Crippen LogP contribution in [0.3, 0.4) is 0 Å². The molecule has 1 rings (SSSR count). The molecule has 1 aromatic carbocycles. The van der Waals surface area contributed by atoms with E-state index < -0.39 is 6.80 Å². The summed E-state index contributed by atoms with van der Waals surface area (Å²) in [7, 11) is 0. The molecule has 7 heteroatoms. The molecule has 0 amide bonds. The normalized spacial score (nSPS) is 11.7. The van der Waals surface area contributed by atoms with Gasteiger partial charge in [0.1, 0.15) is 0 Å². The second kappa shape index (κ2) is 8.51. The Bertz CT molecular complexity index is 390. The van der Waals surface area contributed by atoms with Gasteiger partial charge in [-0.05, 0) is 49.5 Å². The van der Waals surface area contributed by atoms with E-state index in [1.807, 2.05) is 24.3 Å². The van der Waals surface area contributed by atoms with Gasteiger partial charge in [-0.1, -0.05) is 11.6 Å². The van der Waals surface area contributed by atoms with Crippen LogP contribution in [0.15, 0.2) is 29.2 Å². The fraction of sp³-hybridized carbons (Fsp3) is 0.455. The molecule has 0 N–H and O–H groups in total. The van der Waals surface area contributed by atoms with E-state index in [1.54, 1.807) is 25.6 Å². The molecule has 0 radical (unpaired) electrons. The highest BCUT2D eigenvalue weighted by Crippen LogP contribution is 2.61. The third-order valence-electron chi connectivity index (χ3n) is 1.82. The third kappa shape index (κ3) is 6.00. The lowest BCUT2D eigenvalue weighted by atomic mass is 10.4. The van der Waals surface area contributed by atoms with E-state index in [0.717, 1.165) is 4.90 Å². The summed E-state index contributed by atoms with van der Waals surface area (Å²) >= 11 is 8.59. The number of rotatable bonds is 8. The second-order valence-corrected chi connectivity index (χ2v) is 9.05. The Morgan fingerprint density at radius 2 is 1.72 bits per heavy atom. The van der Waals surface area contributed by atoms with Crippen molar-refractivity contribution in [2.45, 2.75) is 18.7 Å². The fourth-order valence-electron chi connectivity index (χ4n) is 1.12. The summed E-state index contributed by atoms with van der Waals surface area (Å²) < 4.78 is 22.5. The lowest BCUT2D eigenvalue weighted by Crippen LogP contribution is -1.92. The maximum absolute atomic E-state index is 12.1. The molecule has 0 aliphatic rings. The van der Waals surface area contributed by atoms with Crippen LogP contribution in [0.5, 0.6) is 0 Å². The summed E-state index contributed by atoms with van der Waals surface area (Å²) in [6.07, 6.45) is 0. The number of hydrogen-bond acceptors (Lipinski definition) is 5. The molecule has 18 heavy (non-hydrogen) atoms. The molecule has 102 valence electrons. The van der Waals surface area contributed by atoms with Crippen LogP contribution in [0, 0.1) is 0 Å². The van der Waals surface area contributed by atoms with E-state index in [0.29, 0.717) is 23.3 Å². The maximum atomic E-state index is 12.1. The molecule has 0 unspecified atom stereocenters. The molecule has 0 atom stereocenters. The van der Waals surface area contributed by atoms with Crippen LogP contribution in [-0.4, -0.2) is 18.3 Å². The smallest absolute Gasteiger partial charge is 0.301 e. The van der Waals surface area contributed by atoms with Gasteiger partial charge >= 0.3 is 6.80 Å². The van der Waals surface area contributed by atoms with Crippen molar-refractivity contribution in [1.82, 2.24) is 0 Å². The van der Waals surface area contributed by atoms with Gasteiger partial charge in [0.15, 0.2) is 0 Å². The summed E-state index contributed by atoms with van der Waals surface area (Å²) in [4.78, 5) is 1.08. The Morgan fingerprint density at radius 1 is 1.17 bits per heavy atom. The van der Waals surface area contributed by atoms with Gasteiger partial charge in [-0.25, -0.2) is 4.57 Å². The molecule has 0 aromatic heterocycles. The van der Waals surface area contributed by atoms with Gasteiger partial charge in [0.05, 0.1) is 18.3 Å². The Morgan fingerprint density at radius 3 is 2.22 bits per heavy atom. The molecule has 3 nitrogen and oxygen atoms in total. The zero-order valence-electron chi connectivity index (χ0n) is 10.3. The molecular weight excluding hydrogens is 311 g/mol. The monoisotopic (exact) mass is 326 g/mol. The minimum atomic E-state index is -3.00. The van der Waals surface area contributed by atoms with Crippen LogP contribution in [-0.2, 0) is 13.6 Å². The minimum Gasteiger partial charge on any atom is -0.301 e. The van der Waals surface area contributed by atoms with E-state index in [2.05, 4.69) is 0 Å². The molecule has 0 bridgehead atoms. The Labute approximate surface area is 121 Å². The van der Waals surface area contributed by atoms with Crippen LogP contribution < -0.4 is 0 Å². The average Bonchev–Trinajstić information content (AvgIpc) is 2.32. The number of thioether (sulfide) groups is 1. The van der Waals surface area contributed by atoms with Crippen molar-refractivity contribution in [3.05, 3.63) is 29.3 Å². The van der Waals surface area contributed by atoms with Crippen molar-refractivity contribution in [2.75, 3.05) is 18.3 Å². The van der Waals surface area contributed by atoms with Crippen LogP contribution in [0.2, 0.25) is 5.02 Å². The summed E-state index contributed by atoms with van der Waals surface area (Å²) in [5, 5.41) is 1.32. The summed E-state index contributed by atoms with van der Waals surface area (Å²) in [5.41, 5.74) is 0. The van der Waals surface area contributed by atoms with Crippen LogP contribution >= 0.6 is 41.5 Å². The summed E-state index contributed by atoms with van der Waals surface area (Å²) in [5.74, 6) is 0. The predicted octanol–water partition coefficient (Wildman–Crippen LogP) is 5.30. The quantitative estimate of drug-likeness (QED) is 0.368. The van der Waals surface area contributed by atoms with Crippen molar-refractivity contribution in [2.24, 2.45) is 0 Å². The topological polar surface area (TPSA) is 35.5 Å². The van der Waals surface area contributed by atoms with E-state index >= 15 is 0 Å². The van der Waals surface area contributed by atoms with Crippen LogP contribution in [0.25, 0.3) is 0 Å². The van der Waals surface area contributed by atoms with Crippen molar-refractivity contribution in [3.8, 4) is 0 Å². The molecule has 0 fully saturated rings. The average molecular weight is 327 g/mol. The zero-order chi connectivity index (χ0) is 13.4. The maximum Gasteiger partial charge on any atom is 0.389 e. The molecule has 0 aliphatic heterocycles. The van der Waals surface area contributed by atoms with E-state index in [9.17, 15) is 4.57 Å². The molecular formula is C11H16ClO3PS2. The van der Waals surface area contributed by atoms with Gasteiger partial charge in [-0.3, -0.25) is 0 Å². The number of halogens is 1.